The summed E-state index contributed by atoms with van der Waals surface area (Å²) in [5, 5.41) is 9.69. The Morgan fingerprint density at radius 3 is 2.41 bits per heavy atom. The van der Waals surface area contributed by atoms with Crippen LogP contribution in [0.15, 0.2) is 18.2 Å². The van der Waals surface area contributed by atoms with E-state index in [1.165, 1.54) is 4.90 Å². The van der Waals surface area contributed by atoms with Gasteiger partial charge in [-0.2, -0.15) is 0 Å². The SMILES string of the molecule is COc1ccc(C(=O)N2CC3(CCN(C(C)=O)CC3)C[C@H]2C(=O)O)cc1C. The predicted molar refractivity (Wildman–Crippen MR) is 98.7 cm³/mol. The van der Waals surface area contributed by atoms with E-state index in [1.54, 1.807) is 37.1 Å². The van der Waals surface area contributed by atoms with Gasteiger partial charge >= 0.3 is 5.97 Å². The molecule has 7 nitrogen and oxygen atoms in total. The maximum Gasteiger partial charge on any atom is 0.326 e. The average molecular weight is 374 g/mol. The lowest BCUT2D eigenvalue weighted by atomic mass is 9.76. The van der Waals surface area contributed by atoms with Crippen molar-refractivity contribution in [2.75, 3.05) is 26.7 Å². The van der Waals surface area contributed by atoms with Crippen LogP contribution in [0, 0.1) is 12.3 Å². The average Bonchev–Trinajstić information content (AvgIpc) is 3.01. The molecule has 2 amide bonds. The van der Waals surface area contributed by atoms with Gasteiger partial charge < -0.3 is 19.6 Å². The van der Waals surface area contributed by atoms with Crippen LogP contribution in [-0.4, -0.2) is 65.5 Å². The number of rotatable bonds is 3. The van der Waals surface area contributed by atoms with Crippen molar-refractivity contribution in [3.63, 3.8) is 0 Å². The maximum absolute atomic E-state index is 13.1. The fraction of sp³-hybridized carbons (Fsp3) is 0.550. The highest BCUT2D eigenvalue weighted by molar-refractivity contribution is 5.97. The monoisotopic (exact) mass is 374 g/mol. The van der Waals surface area contributed by atoms with E-state index < -0.39 is 12.0 Å². The van der Waals surface area contributed by atoms with E-state index in [1.807, 2.05) is 6.92 Å². The van der Waals surface area contributed by atoms with Gasteiger partial charge in [-0.25, -0.2) is 4.79 Å². The largest absolute Gasteiger partial charge is 0.496 e. The summed E-state index contributed by atoms with van der Waals surface area (Å²) in [5.41, 5.74) is 1.07. The van der Waals surface area contributed by atoms with Crippen LogP contribution in [0.3, 0.4) is 0 Å². The molecule has 1 N–H and O–H groups in total. The number of methoxy groups -OCH3 is 1. The number of aliphatic carboxylic acids is 1. The molecule has 2 heterocycles. The van der Waals surface area contributed by atoms with Crippen molar-refractivity contribution < 1.29 is 24.2 Å². The van der Waals surface area contributed by atoms with Crippen LogP contribution in [-0.2, 0) is 9.59 Å². The Labute approximate surface area is 158 Å². The summed E-state index contributed by atoms with van der Waals surface area (Å²) in [6.07, 6.45) is 1.89. The van der Waals surface area contributed by atoms with E-state index in [2.05, 4.69) is 0 Å². The van der Waals surface area contributed by atoms with Crippen molar-refractivity contribution >= 4 is 17.8 Å². The van der Waals surface area contributed by atoms with Crippen LogP contribution < -0.4 is 4.74 Å². The number of likely N-dealkylation sites (tertiary alicyclic amines) is 2. The molecule has 0 saturated carbocycles. The Morgan fingerprint density at radius 2 is 1.89 bits per heavy atom. The number of carboxylic acid groups (broad SMARTS) is 1. The normalized spacial score (nSPS) is 21.4. The first-order chi connectivity index (χ1) is 12.8. The van der Waals surface area contributed by atoms with Crippen LogP contribution in [0.4, 0.5) is 0 Å². The van der Waals surface area contributed by atoms with Crippen LogP contribution in [0.1, 0.15) is 42.1 Å². The first-order valence-electron chi connectivity index (χ1n) is 9.20. The molecule has 0 bridgehead atoms. The quantitative estimate of drug-likeness (QED) is 0.874. The number of nitrogens with zero attached hydrogens (tertiary/aromatic N) is 2. The Kier molecular flexibility index (Phi) is 5.13. The molecule has 2 aliphatic rings. The summed E-state index contributed by atoms with van der Waals surface area (Å²) >= 11 is 0. The standard InChI is InChI=1S/C20H26N2O5/c1-13-10-15(4-5-17(13)27-3)18(24)22-12-20(11-16(22)19(25)26)6-8-21(9-7-20)14(2)23/h4-5,10,16H,6-9,11-12H2,1-3H3,(H,25,26)/t16-/m0/s1. The third kappa shape index (κ3) is 3.63. The fourth-order valence-corrected chi connectivity index (χ4v) is 4.33. The Bertz CT molecular complexity index is 768. The van der Waals surface area contributed by atoms with E-state index in [4.69, 9.17) is 4.74 Å². The number of benzene rings is 1. The summed E-state index contributed by atoms with van der Waals surface area (Å²) in [6.45, 7) is 5.05. The predicted octanol–water partition coefficient (Wildman–Crippen LogP) is 1.93. The number of aryl methyl sites for hydroxylation is 1. The van der Waals surface area contributed by atoms with Gasteiger partial charge in [-0.1, -0.05) is 0 Å². The molecular formula is C20H26N2O5. The van der Waals surface area contributed by atoms with Crippen molar-refractivity contribution in [2.45, 2.75) is 39.2 Å². The molecule has 7 heteroatoms. The molecule has 3 rings (SSSR count). The van der Waals surface area contributed by atoms with Crippen LogP contribution in [0.25, 0.3) is 0 Å². The van der Waals surface area contributed by atoms with Gasteiger partial charge in [-0.3, -0.25) is 9.59 Å². The number of amides is 2. The molecule has 0 aliphatic carbocycles. The molecule has 0 radical (unpaired) electrons. The van der Waals surface area contributed by atoms with E-state index in [-0.39, 0.29) is 17.2 Å². The van der Waals surface area contributed by atoms with Crippen molar-refractivity contribution in [1.29, 1.82) is 0 Å². The van der Waals surface area contributed by atoms with Crippen LogP contribution in [0.5, 0.6) is 5.75 Å². The lowest BCUT2D eigenvalue weighted by Gasteiger charge is -2.38. The molecule has 1 atom stereocenters. The van der Waals surface area contributed by atoms with Gasteiger partial charge in [0.05, 0.1) is 7.11 Å². The van der Waals surface area contributed by atoms with Gasteiger partial charge in [0.2, 0.25) is 5.91 Å². The molecule has 146 valence electrons. The van der Waals surface area contributed by atoms with E-state index in [0.29, 0.717) is 37.4 Å². The molecule has 0 aromatic heterocycles. The lowest BCUT2D eigenvalue weighted by molar-refractivity contribution is -0.141. The fourth-order valence-electron chi connectivity index (χ4n) is 4.33. The first kappa shape index (κ1) is 19.2. The van der Waals surface area contributed by atoms with Gasteiger partial charge in [0.1, 0.15) is 11.8 Å². The molecule has 1 spiro atoms. The maximum atomic E-state index is 13.1. The van der Waals surface area contributed by atoms with Crippen LogP contribution >= 0.6 is 0 Å². The second kappa shape index (κ2) is 7.21. The second-order valence-electron chi connectivity index (χ2n) is 7.68. The number of ether oxygens (including phenoxy) is 1. The third-order valence-electron chi connectivity index (χ3n) is 5.97. The molecule has 1 aromatic rings. The van der Waals surface area contributed by atoms with Crippen molar-refractivity contribution in [1.82, 2.24) is 9.80 Å². The minimum Gasteiger partial charge on any atom is -0.496 e. The number of carboxylic acids is 1. The molecule has 27 heavy (non-hydrogen) atoms. The second-order valence-corrected chi connectivity index (χ2v) is 7.68. The number of piperidine rings is 1. The Hall–Kier alpha value is -2.57. The number of hydrogen-bond donors (Lipinski definition) is 1. The highest BCUT2D eigenvalue weighted by atomic mass is 16.5. The molecule has 0 unspecified atom stereocenters. The summed E-state index contributed by atoms with van der Waals surface area (Å²) < 4.78 is 5.23. The Balaban J connectivity index is 1.81. The van der Waals surface area contributed by atoms with Gasteiger partial charge in [-0.05, 0) is 55.4 Å². The highest BCUT2D eigenvalue weighted by Gasteiger charge is 2.50. The summed E-state index contributed by atoms with van der Waals surface area (Å²) in [4.78, 5) is 39.8. The smallest absolute Gasteiger partial charge is 0.326 e. The van der Waals surface area contributed by atoms with Gasteiger partial charge in [-0.15, -0.1) is 0 Å². The number of hydrogen-bond acceptors (Lipinski definition) is 4. The molecule has 2 saturated heterocycles. The van der Waals surface area contributed by atoms with Crippen LogP contribution in [0.2, 0.25) is 0 Å². The summed E-state index contributed by atoms with van der Waals surface area (Å²) in [7, 11) is 1.57. The zero-order valence-corrected chi connectivity index (χ0v) is 16.0. The highest BCUT2D eigenvalue weighted by Crippen LogP contribution is 2.44. The van der Waals surface area contributed by atoms with E-state index in [0.717, 1.165) is 18.4 Å². The topological polar surface area (TPSA) is 87.2 Å². The van der Waals surface area contributed by atoms with Gasteiger partial charge in [0.25, 0.3) is 5.91 Å². The minimum atomic E-state index is -0.973. The zero-order valence-electron chi connectivity index (χ0n) is 16.0. The molecule has 1 aromatic carbocycles. The summed E-state index contributed by atoms with van der Waals surface area (Å²) in [5.74, 6) is -0.506. The zero-order chi connectivity index (χ0) is 19.8. The molecular weight excluding hydrogens is 348 g/mol. The summed E-state index contributed by atoms with van der Waals surface area (Å²) in [6, 6.07) is 4.32. The van der Waals surface area contributed by atoms with Crippen molar-refractivity contribution in [3.05, 3.63) is 29.3 Å². The van der Waals surface area contributed by atoms with E-state index in [9.17, 15) is 19.5 Å². The van der Waals surface area contributed by atoms with Gasteiger partial charge in [0, 0.05) is 32.1 Å². The van der Waals surface area contributed by atoms with Crippen molar-refractivity contribution in [3.8, 4) is 5.75 Å². The molecule has 2 aliphatic heterocycles. The number of carbonyl (C=O) groups is 3. The van der Waals surface area contributed by atoms with Gasteiger partial charge in [0.15, 0.2) is 0 Å². The Morgan fingerprint density at radius 1 is 1.22 bits per heavy atom. The lowest BCUT2D eigenvalue weighted by Crippen LogP contribution is -2.44. The molecule has 2 fully saturated rings. The minimum absolute atomic E-state index is 0.0410. The number of carbonyl (C=O) groups excluding carboxylic acids is 2. The first-order valence-corrected chi connectivity index (χ1v) is 9.20. The van der Waals surface area contributed by atoms with Crippen molar-refractivity contribution in [2.24, 2.45) is 5.41 Å². The van der Waals surface area contributed by atoms with E-state index >= 15 is 0 Å². The third-order valence-corrected chi connectivity index (χ3v) is 5.97.